The molecule has 9 heteroatoms. The molecule has 3 atom stereocenters. The number of imide groups is 1. The van der Waals surface area contributed by atoms with Gasteiger partial charge in [0.2, 0.25) is 5.91 Å². The molecular weight excluding hydrogens is 432 g/mol. The Morgan fingerprint density at radius 2 is 1.84 bits per heavy atom. The molecule has 2 saturated heterocycles. The summed E-state index contributed by atoms with van der Waals surface area (Å²) in [6.45, 7) is 1.72. The van der Waals surface area contributed by atoms with Gasteiger partial charge < -0.3 is 14.8 Å². The van der Waals surface area contributed by atoms with Crippen LogP contribution in [-0.4, -0.2) is 51.3 Å². The van der Waals surface area contributed by atoms with E-state index in [1.165, 1.54) is 0 Å². The summed E-state index contributed by atoms with van der Waals surface area (Å²) in [5.41, 5.74) is 1.62. The molecule has 1 aromatic heterocycles. The fourth-order valence-corrected chi connectivity index (χ4v) is 5.26. The summed E-state index contributed by atoms with van der Waals surface area (Å²) in [4.78, 5) is 53.3. The lowest BCUT2D eigenvalue weighted by atomic mass is 9.83. The highest BCUT2D eigenvalue weighted by Crippen LogP contribution is 2.35. The SMILES string of the molecule is O=C(C[C@H]1NC(=O)N(Cc2ccccc2Cl)C1=O)N1C[C@H]2C[C@@H](C1)c1cccc(=O)n1C2. The maximum absolute atomic E-state index is 13.0. The monoisotopic (exact) mass is 454 g/mol. The molecule has 0 spiro atoms. The largest absolute Gasteiger partial charge is 0.342 e. The van der Waals surface area contributed by atoms with E-state index >= 15 is 0 Å². The fourth-order valence-electron chi connectivity index (χ4n) is 5.07. The average Bonchev–Trinajstić information content (AvgIpc) is 3.03. The molecule has 5 rings (SSSR count). The minimum absolute atomic E-state index is 0.00477. The molecule has 4 amide bonds. The highest BCUT2D eigenvalue weighted by atomic mass is 35.5. The quantitative estimate of drug-likeness (QED) is 0.715. The van der Waals surface area contributed by atoms with Crippen LogP contribution < -0.4 is 10.9 Å². The summed E-state index contributed by atoms with van der Waals surface area (Å²) in [6, 6.07) is 10.9. The van der Waals surface area contributed by atoms with E-state index in [2.05, 4.69) is 5.32 Å². The van der Waals surface area contributed by atoms with Gasteiger partial charge in [-0.3, -0.25) is 19.3 Å². The van der Waals surface area contributed by atoms with Crippen LogP contribution in [0.3, 0.4) is 0 Å². The van der Waals surface area contributed by atoms with E-state index in [9.17, 15) is 19.2 Å². The number of halogens is 1. The van der Waals surface area contributed by atoms with Crippen LogP contribution in [0.25, 0.3) is 0 Å². The number of likely N-dealkylation sites (tertiary alicyclic amines) is 1. The molecule has 166 valence electrons. The van der Waals surface area contributed by atoms with Gasteiger partial charge in [0, 0.05) is 42.3 Å². The zero-order chi connectivity index (χ0) is 22.4. The lowest BCUT2D eigenvalue weighted by Crippen LogP contribution is -2.50. The summed E-state index contributed by atoms with van der Waals surface area (Å²) in [5, 5.41) is 3.12. The van der Waals surface area contributed by atoms with Gasteiger partial charge in [-0.05, 0) is 30.0 Å². The molecule has 1 aromatic carbocycles. The number of nitrogens with zero attached hydrogens (tertiary/aromatic N) is 3. The first-order valence-electron chi connectivity index (χ1n) is 10.7. The Balaban J connectivity index is 1.26. The van der Waals surface area contributed by atoms with Gasteiger partial charge >= 0.3 is 6.03 Å². The van der Waals surface area contributed by atoms with Crippen molar-refractivity contribution in [1.29, 1.82) is 0 Å². The van der Waals surface area contributed by atoms with E-state index in [-0.39, 0.29) is 36.3 Å². The standard InChI is InChI=1S/C23H23ClN4O4/c24-17-5-2-1-4-15(17)13-28-22(31)18(25-23(28)32)9-21(30)26-10-14-8-16(12-26)19-6-3-7-20(29)27(19)11-14/h1-7,14,16,18H,8-13H2,(H,25,32)/t14-,16+,18-/m1/s1. The van der Waals surface area contributed by atoms with Gasteiger partial charge in [0.25, 0.3) is 11.5 Å². The number of carbonyl (C=O) groups is 3. The van der Waals surface area contributed by atoms with E-state index in [0.29, 0.717) is 30.2 Å². The van der Waals surface area contributed by atoms with Crippen molar-refractivity contribution < 1.29 is 14.4 Å². The Labute approximate surface area is 189 Å². The molecule has 2 bridgehead atoms. The van der Waals surface area contributed by atoms with E-state index in [1.807, 2.05) is 10.6 Å². The lowest BCUT2D eigenvalue weighted by Gasteiger charge is -2.43. The maximum atomic E-state index is 13.0. The highest BCUT2D eigenvalue weighted by Gasteiger charge is 2.42. The van der Waals surface area contributed by atoms with Gasteiger partial charge in [0.05, 0.1) is 13.0 Å². The number of aromatic nitrogens is 1. The predicted octanol–water partition coefficient (Wildman–Crippen LogP) is 1.96. The molecule has 0 saturated carbocycles. The molecule has 3 aliphatic heterocycles. The molecule has 2 aromatic rings. The summed E-state index contributed by atoms with van der Waals surface area (Å²) < 4.78 is 1.81. The molecule has 1 N–H and O–H groups in total. The van der Waals surface area contributed by atoms with Crippen molar-refractivity contribution >= 4 is 29.4 Å². The van der Waals surface area contributed by atoms with Crippen LogP contribution in [0, 0.1) is 5.92 Å². The number of amides is 4. The Hall–Kier alpha value is -3.13. The molecule has 2 fully saturated rings. The van der Waals surface area contributed by atoms with Crippen LogP contribution in [0.15, 0.2) is 47.3 Å². The van der Waals surface area contributed by atoms with Crippen molar-refractivity contribution in [2.75, 3.05) is 13.1 Å². The zero-order valence-corrected chi connectivity index (χ0v) is 18.1. The van der Waals surface area contributed by atoms with Crippen LogP contribution in [0.4, 0.5) is 4.79 Å². The average molecular weight is 455 g/mol. The number of rotatable bonds is 4. The number of hydrogen-bond acceptors (Lipinski definition) is 4. The van der Waals surface area contributed by atoms with Crippen molar-refractivity contribution in [1.82, 2.24) is 19.7 Å². The number of urea groups is 1. The van der Waals surface area contributed by atoms with Gasteiger partial charge in [-0.2, -0.15) is 0 Å². The molecule has 3 aliphatic rings. The smallest absolute Gasteiger partial charge is 0.325 e. The lowest BCUT2D eigenvalue weighted by molar-refractivity contribution is -0.137. The second-order valence-electron chi connectivity index (χ2n) is 8.72. The van der Waals surface area contributed by atoms with Crippen molar-refractivity contribution in [3.8, 4) is 0 Å². The Morgan fingerprint density at radius 3 is 2.66 bits per heavy atom. The maximum Gasteiger partial charge on any atom is 0.325 e. The molecule has 4 heterocycles. The van der Waals surface area contributed by atoms with Gasteiger partial charge in [-0.25, -0.2) is 4.79 Å². The third-order valence-corrected chi connectivity index (χ3v) is 6.97. The summed E-state index contributed by atoms with van der Waals surface area (Å²) in [6.07, 6.45) is 0.864. The van der Waals surface area contributed by atoms with Crippen molar-refractivity contribution in [3.63, 3.8) is 0 Å². The number of fused-ring (bicyclic) bond motifs is 4. The summed E-state index contributed by atoms with van der Waals surface area (Å²) >= 11 is 6.16. The van der Waals surface area contributed by atoms with E-state index in [4.69, 9.17) is 11.6 Å². The molecule has 0 unspecified atom stereocenters. The second-order valence-corrected chi connectivity index (χ2v) is 9.13. The number of hydrogen-bond donors (Lipinski definition) is 1. The van der Waals surface area contributed by atoms with Gasteiger partial charge in [0.1, 0.15) is 6.04 Å². The van der Waals surface area contributed by atoms with E-state index in [1.54, 1.807) is 41.3 Å². The van der Waals surface area contributed by atoms with Crippen molar-refractivity contribution in [2.24, 2.45) is 5.92 Å². The first-order chi connectivity index (χ1) is 15.4. The van der Waals surface area contributed by atoms with Crippen molar-refractivity contribution in [2.45, 2.75) is 37.9 Å². The van der Waals surface area contributed by atoms with Crippen LogP contribution >= 0.6 is 11.6 Å². The Bertz CT molecular complexity index is 1160. The third-order valence-electron chi connectivity index (χ3n) is 6.60. The Morgan fingerprint density at radius 1 is 1.03 bits per heavy atom. The summed E-state index contributed by atoms with van der Waals surface area (Å²) in [7, 11) is 0. The van der Waals surface area contributed by atoms with E-state index in [0.717, 1.165) is 17.0 Å². The van der Waals surface area contributed by atoms with Crippen LogP contribution in [0.2, 0.25) is 5.02 Å². The van der Waals surface area contributed by atoms with E-state index < -0.39 is 18.0 Å². The predicted molar refractivity (Wildman–Crippen MR) is 117 cm³/mol. The minimum Gasteiger partial charge on any atom is -0.342 e. The second kappa shape index (κ2) is 8.09. The molecule has 8 nitrogen and oxygen atoms in total. The molecule has 0 aliphatic carbocycles. The number of carbonyl (C=O) groups excluding carboxylic acids is 3. The number of nitrogens with one attached hydrogen (secondary N) is 1. The van der Waals surface area contributed by atoms with Gasteiger partial charge in [-0.15, -0.1) is 0 Å². The fraction of sp³-hybridized carbons (Fsp3) is 0.391. The third kappa shape index (κ3) is 3.68. The number of piperidine rings is 1. The zero-order valence-electron chi connectivity index (χ0n) is 17.4. The first-order valence-corrected chi connectivity index (χ1v) is 11.1. The number of benzene rings is 1. The number of pyridine rings is 1. The molecular formula is C23H23ClN4O4. The van der Waals surface area contributed by atoms with Gasteiger partial charge in [0.15, 0.2) is 0 Å². The van der Waals surface area contributed by atoms with Crippen molar-refractivity contribution in [3.05, 3.63) is 69.1 Å². The first kappa shape index (κ1) is 20.8. The van der Waals surface area contributed by atoms with Gasteiger partial charge in [-0.1, -0.05) is 35.9 Å². The topological polar surface area (TPSA) is 91.7 Å². The normalized spacial score (nSPS) is 24.3. The highest BCUT2D eigenvalue weighted by molar-refractivity contribution is 6.31. The van der Waals surface area contributed by atoms with Crippen LogP contribution in [0.5, 0.6) is 0 Å². The van der Waals surface area contributed by atoms with Crippen LogP contribution in [0.1, 0.15) is 30.0 Å². The minimum atomic E-state index is -0.880. The molecule has 32 heavy (non-hydrogen) atoms. The van der Waals surface area contributed by atoms with Crippen LogP contribution in [-0.2, 0) is 22.7 Å². The molecule has 0 radical (unpaired) electrons. The summed E-state index contributed by atoms with van der Waals surface area (Å²) in [5.74, 6) is -0.274. The Kier molecular flexibility index (Phi) is 5.25.